The van der Waals surface area contributed by atoms with Crippen LogP contribution in [0.5, 0.6) is 0 Å². The first-order chi connectivity index (χ1) is 8.83. The Morgan fingerprint density at radius 3 is 2.74 bits per heavy atom. The fourth-order valence-electron chi connectivity index (χ4n) is 3.45. The van der Waals surface area contributed by atoms with Crippen LogP contribution in [0, 0.1) is 11.8 Å². The van der Waals surface area contributed by atoms with E-state index in [4.69, 9.17) is 0 Å². The summed E-state index contributed by atoms with van der Waals surface area (Å²) in [6, 6.07) is 0. The van der Waals surface area contributed by atoms with E-state index in [-0.39, 0.29) is 10.4 Å². The van der Waals surface area contributed by atoms with E-state index in [1.54, 1.807) is 17.5 Å². The third kappa shape index (κ3) is 1.83. The van der Waals surface area contributed by atoms with Crippen molar-refractivity contribution < 1.29 is 8.42 Å². The maximum atomic E-state index is 12.7. The first kappa shape index (κ1) is 13.1. The summed E-state index contributed by atoms with van der Waals surface area (Å²) in [5, 5.41) is 7.33. The van der Waals surface area contributed by atoms with Gasteiger partial charge in [-0.2, -0.15) is 9.40 Å². The molecule has 2 aliphatic heterocycles. The van der Waals surface area contributed by atoms with E-state index in [9.17, 15) is 8.42 Å². The SMILES string of the molecule is Cn1cc(S(=O)(=O)N2CC3CNCC3C2(C)C)cn1. The van der Waals surface area contributed by atoms with Gasteiger partial charge in [-0.3, -0.25) is 4.68 Å². The number of aryl methyl sites for hydroxylation is 1. The fraction of sp³-hybridized carbons (Fsp3) is 0.750. The summed E-state index contributed by atoms with van der Waals surface area (Å²) in [4.78, 5) is 0.288. The molecule has 1 aromatic rings. The topological polar surface area (TPSA) is 67.2 Å². The van der Waals surface area contributed by atoms with Crippen LogP contribution in [0.4, 0.5) is 0 Å². The Hall–Kier alpha value is -0.920. The fourth-order valence-corrected chi connectivity index (χ4v) is 5.32. The number of hydrogen-bond donors (Lipinski definition) is 1. The van der Waals surface area contributed by atoms with Crippen molar-refractivity contribution in [3.8, 4) is 0 Å². The van der Waals surface area contributed by atoms with Crippen LogP contribution in [0.1, 0.15) is 13.8 Å². The van der Waals surface area contributed by atoms with E-state index < -0.39 is 10.0 Å². The van der Waals surface area contributed by atoms with E-state index in [0.717, 1.165) is 13.1 Å². The van der Waals surface area contributed by atoms with Gasteiger partial charge in [0.05, 0.1) is 6.20 Å². The van der Waals surface area contributed by atoms with Crippen molar-refractivity contribution >= 4 is 10.0 Å². The minimum atomic E-state index is -3.45. The number of aromatic nitrogens is 2. The van der Waals surface area contributed by atoms with Crippen molar-refractivity contribution in [3.63, 3.8) is 0 Å². The van der Waals surface area contributed by atoms with Gasteiger partial charge in [-0.1, -0.05) is 0 Å². The normalized spacial score (nSPS) is 30.7. The lowest BCUT2D eigenvalue weighted by Gasteiger charge is -2.34. The summed E-state index contributed by atoms with van der Waals surface area (Å²) < 4.78 is 28.7. The van der Waals surface area contributed by atoms with Crippen LogP contribution in [0.2, 0.25) is 0 Å². The van der Waals surface area contributed by atoms with Gasteiger partial charge in [-0.25, -0.2) is 8.42 Å². The average molecular weight is 284 g/mol. The molecule has 19 heavy (non-hydrogen) atoms. The molecule has 106 valence electrons. The minimum Gasteiger partial charge on any atom is -0.316 e. The summed E-state index contributed by atoms with van der Waals surface area (Å²) in [5.41, 5.74) is -0.344. The minimum absolute atomic E-state index is 0.288. The van der Waals surface area contributed by atoms with Crippen molar-refractivity contribution in [2.24, 2.45) is 18.9 Å². The summed E-state index contributed by atoms with van der Waals surface area (Å²) in [7, 11) is -1.72. The van der Waals surface area contributed by atoms with Crippen molar-refractivity contribution in [1.82, 2.24) is 19.4 Å². The molecule has 1 N–H and O–H groups in total. The van der Waals surface area contributed by atoms with Gasteiger partial charge < -0.3 is 5.32 Å². The predicted molar refractivity (Wildman–Crippen MR) is 71.0 cm³/mol. The van der Waals surface area contributed by atoms with Gasteiger partial charge in [0.25, 0.3) is 0 Å². The summed E-state index contributed by atoms with van der Waals surface area (Å²) in [6.07, 6.45) is 3.00. The quantitative estimate of drug-likeness (QED) is 0.832. The van der Waals surface area contributed by atoms with Gasteiger partial charge in [0, 0.05) is 31.9 Å². The van der Waals surface area contributed by atoms with Gasteiger partial charge in [0.15, 0.2) is 0 Å². The molecular formula is C12H20N4O2S. The molecule has 0 spiro atoms. The molecule has 2 fully saturated rings. The van der Waals surface area contributed by atoms with Crippen molar-refractivity contribution in [3.05, 3.63) is 12.4 Å². The van der Waals surface area contributed by atoms with Crippen LogP contribution >= 0.6 is 0 Å². The molecule has 0 amide bonds. The molecule has 2 unspecified atom stereocenters. The highest BCUT2D eigenvalue weighted by molar-refractivity contribution is 7.89. The van der Waals surface area contributed by atoms with Crippen LogP contribution in [-0.2, 0) is 17.1 Å². The second-order valence-electron chi connectivity index (χ2n) is 6.06. The molecule has 0 aromatic carbocycles. The largest absolute Gasteiger partial charge is 0.316 e. The average Bonchev–Trinajstić information content (AvgIpc) is 2.97. The Labute approximate surface area is 113 Å². The first-order valence-electron chi connectivity index (χ1n) is 6.55. The van der Waals surface area contributed by atoms with E-state index in [1.165, 1.54) is 10.9 Å². The highest BCUT2D eigenvalue weighted by Gasteiger charge is 2.54. The number of hydrogen-bond acceptors (Lipinski definition) is 4. The lowest BCUT2D eigenvalue weighted by molar-refractivity contribution is 0.233. The highest BCUT2D eigenvalue weighted by Crippen LogP contribution is 2.43. The monoisotopic (exact) mass is 284 g/mol. The molecule has 2 saturated heterocycles. The molecule has 0 bridgehead atoms. The van der Waals surface area contributed by atoms with Gasteiger partial charge in [0.1, 0.15) is 4.90 Å². The zero-order chi connectivity index (χ0) is 13.8. The Morgan fingerprint density at radius 1 is 1.42 bits per heavy atom. The van der Waals surface area contributed by atoms with E-state index >= 15 is 0 Å². The second-order valence-corrected chi connectivity index (χ2v) is 7.93. The summed E-state index contributed by atoms with van der Waals surface area (Å²) >= 11 is 0. The lowest BCUT2D eigenvalue weighted by atomic mass is 9.85. The molecule has 1 aromatic heterocycles. The highest BCUT2D eigenvalue weighted by atomic mass is 32.2. The van der Waals surface area contributed by atoms with Crippen LogP contribution < -0.4 is 5.32 Å². The summed E-state index contributed by atoms with van der Waals surface area (Å²) in [6.45, 7) is 6.46. The standard InChI is InChI=1S/C12H20N4O2S/c1-12(2)11-6-13-4-9(11)7-16(12)19(17,18)10-5-14-15(3)8-10/h5,8-9,11,13H,4,6-7H2,1-3H3. The van der Waals surface area contributed by atoms with Crippen molar-refractivity contribution in [2.45, 2.75) is 24.3 Å². The van der Waals surface area contributed by atoms with Crippen LogP contribution in [0.3, 0.4) is 0 Å². The van der Waals surface area contributed by atoms with Gasteiger partial charge in [-0.15, -0.1) is 0 Å². The number of fused-ring (bicyclic) bond motifs is 1. The maximum absolute atomic E-state index is 12.7. The first-order valence-corrected chi connectivity index (χ1v) is 7.99. The third-order valence-electron chi connectivity index (χ3n) is 4.56. The molecule has 7 heteroatoms. The molecule has 2 atom stereocenters. The van der Waals surface area contributed by atoms with Gasteiger partial charge in [-0.05, 0) is 32.2 Å². The smallest absolute Gasteiger partial charge is 0.246 e. The number of sulfonamides is 1. The molecule has 2 aliphatic rings. The molecule has 0 radical (unpaired) electrons. The Balaban J connectivity index is 1.98. The Kier molecular flexibility index (Phi) is 2.78. The van der Waals surface area contributed by atoms with Crippen molar-refractivity contribution in [1.29, 1.82) is 0 Å². The van der Waals surface area contributed by atoms with Gasteiger partial charge >= 0.3 is 0 Å². The molecule has 6 nitrogen and oxygen atoms in total. The Morgan fingerprint density at radius 2 is 2.16 bits per heavy atom. The van der Waals surface area contributed by atoms with Crippen LogP contribution in [0.15, 0.2) is 17.3 Å². The van der Waals surface area contributed by atoms with E-state index in [1.807, 2.05) is 13.8 Å². The van der Waals surface area contributed by atoms with Crippen LogP contribution in [0.25, 0.3) is 0 Å². The van der Waals surface area contributed by atoms with Gasteiger partial charge in [0.2, 0.25) is 10.0 Å². The van der Waals surface area contributed by atoms with E-state index in [2.05, 4.69) is 10.4 Å². The van der Waals surface area contributed by atoms with Crippen LogP contribution in [-0.4, -0.2) is 47.7 Å². The zero-order valence-corrected chi connectivity index (χ0v) is 12.3. The Bertz CT molecular complexity index is 593. The molecule has 0 aliphatic carbocycles. The lowest BCUT2D eigenvalue weighted by Crippen LogP contribution is -2.47. The molecular weight excluding hydrogens is 264 g/mol. The molecule has 3 rings (SSSR count). The second kappa shape index (κ2) is 4.04. The number of nitrogens with zero attached hydrogens (tertiary/aromatic N) is 3. The van der Waals surface area contributed by atoms with Crippen molar-refractivity contribution in [2.75, 3.05) is 19.6 Å². The molecule has 0 saturated carbocycles. The predicted octanol–water partition coefficient (Wildman–Crippen LogP) is 0.0386. The number of nitrogens with one attached hydrogen (secondary N) is 1. The summed E-state index contributed by atoms with van der Waals surface area (Å²) in [5.74, 6) is 0.806. The maximum Gasteiger partial charge on any atom is 0.246 e. The third-order valence-corrected chi connectivity index (χ3v) is 6.57. The van der Waals surface area contributed by atoms with E-state index in [0.29, 0.717) is 18.4 Å². The molecule has 3 heterocycles. The number of rotatable bonds is 2. The zero-order valence-electron chi connectivity index (χ0n) is 11.5.